The molecule has 3 rings (SSSR count). The van der Waals surface area contributed by atoms with Gasteiger partial charge in [-0.15, -0.1) is 0 Å². The van der Waals surface area contributed by atoms with Crippen LogP contribution < -0.4 is 5.32 Å². The highest BCUT2D eigenvalue weighted by Gasteiger charge is 2.03. The van der Waals surface area contributed by atoms with Crippen molar-refractivity contribution in [3.05, 3.63) is 61.0 Å². The van der Waals surface area contributed by atoms with E-state index in [4.69, 9.17) is 4.42 Å². The van der Waals surface area contributed by atoms with Crippen LogP contribution in [-0.2, 0) is 6.54 Å². The zero-order chi connectivity index (χ0) is 14.7. The van der Waals surface area contributed by atoms with E-state index >= 15 is 0 Å². The van der Waals surface area contributed by atoms with Gasteiger partial charge in [0.05, 0.1) is 6.20 Å². The number of rotatable bonds is 5. The third-order valence-electron chi connectivity index (χ3n) is 3.14. The molecule has 1 N–H and O–H groups in total. The van der Waals surface area contributed by atoms with Gasteiger partial charge in [0, 0.05) is 42.7 Å². The Morgan fingerprint density at radius 1 is 1.33 bits per heavy atom. The van der Waals surface area contributed by atoms with Gasteiger partial charge in [-0.25, -0.2) is 9.67 Å². The Balaban J connectivity index is 1.65. The van der Waals surface area contributed by atoms with Crippen molar-refractivity contribution in [2.45, 2.75) is 13.5 Å². The van der Waals surface area contributed by atoms with Crippen LogP contribution in [0.4, 0.5) is 5.69 Å². The standard InChI is InChI=1S/C16H16N4O/c1-3-20-10-13(9-18-20)8-17-15-6-4-14(5-7-15)16-11-21-12(2)19-16/h3-7,9-11,17H,1,8H2,2H3. The fourth-order valence-electron chi connectivity index (χ4n) is 2.03. The summed E-state index contributed by atoms with van der Waals surface area (Å²) in [6, 6.07) is 8.09. The molecular formula is C16H16N4O. The number of oxazole rings is 1. The van der Waals surface area contributed by atoms with Crippen LogP contribution in [-0.4, -0.2) is 14.8 Å². The summed E-state index contributed by atoms with van der Waals surface area (Å²) < 4.78 is 6.91. The molecular weight excluding hydrogens is 264 g/mol. The second-order valence-electron chi connectivity index (χ2n) is 4.69. The molecule has 5 heteroatoms. The summed E-state index contributed by atoms with van der Waals surface area (Å²) in [5, 5.41) is 7.49. The van der Waals surface area contributed by atoms with Crippen LogP contribution in [0.25, 0.3) is 17.5 Å². The average Bonchev–Trinajstić information content (AvgIpc) is 3.14. The Hall–Kier alpha value is -2.82. The van der Waals surface area contributed by atoms with Gasteiger partial charge < -0.3 is 9.73 Å². The summed E-state index contributed by atoms with van der Waals surface area (Å²) in [6.07, 6.45) is 7.09. The molecule has 0 unspecified atom stereocenters. The molecule has 5 nitrogen and oxygen atoms in total. The van der Waals surface area contributed by atoms with Crippen LogP contribution in [0.1, 0.15) is 11.5 Å². The zero-order valence-corrected chi connectivity index (χ0v) is 11.8. The fraction of sp³-hybridized carbons (Fsp3) is 0.125. The van der Waals surface area contributed by atoms with Crippen molar-refractivity contribution in [3.8, 4) is 11.3 Å². The third kappa shape index (κ3) is 3.02. The van der Waals surface area contributed by atoms with Gasteiger partial charge in [0.1, 0.15) is 12.0 Å². The maximum absolute atomic E-state index is 5.22. The van der Waals surface area contributed by atoms with Gasteiger partial charge in [0.2, 0.25) is 0 Å². The molecule has 0 radical (unpaired) electrons. The molecule has 0 aliphatic heterocycles. The first-order valence-electron chi connectivity index (χ1n) is 6.66. The highest BCUT2D eigenvalue weighted by molar-refractivity contribution is 5.61. The predicted octanol–water partition coefficient (Wildman–Crippen LogP) is 3.56. The molecule has 1 aromatic carbocycles. The minimum atomic E-state index is 0.673. The van der Waals surface area contributed by atoms with Gasteiger partial charge in [-0.2, -0.15) is 5.10 Å². The minimum absolute atomic E-state index is 0.673. The number of hydrogen-bond donors (Lipinski definition) is 1. The number of hydrogen-bond acceptors (Lipinski definition) is 4. The third-order valence-corrected chi connectivity index (χ3v) is 3.14. The number of benzene rings is 1. The van der Waals surface area contributed by atoms with Crippen molar-refractivity contribution in [1.82, 2.24) is 14.8 Å². The van der Waals surface area contributed by atoms with E-state index in [1.54, 1.807) is 17.1 Å². The van der Waals surface area contributed by atoms with Crippen LogP contribution >= 0.6 is 0 Å². The quantitative estimate of drug-likeness (QED) is 0.776. The number of nitrogens with zero attached hydrogens (tertiary/aromatic N) is 3. The molecule has 0 atom stereocenters. The number of aryl methyl sites for hydroxylation is 1. The van der Waals surface area contributed by atoms with Gasteiger partial charge in [0.15, 0.2) is 5.89 Å². The largest absolute Gasteiger partial charge is 0.449 e. The lowest BCUT2D eigenvalue weighted by atomic mass is 10.1. The Labute approximate surface area is 122 Å². The molecule has 0 aliphatic carbocycles. The van der Waals surface area contributed by atoms with Crippen LogP contribution in [0.5, 0.6) is 0 Å². The van der Waals surface area contributed by atoms with E-state index in [1.165, 1.54) is 0 Å². The molecule has 0 aliphatic rings. The van der Waals surface area contributed by atoms with E-state index in [0.717, 1.165) is 29.1 Å². The predicted molar refractivity (Wildman–Crippen MR) is 82.6 cm³/mol. The first-order valence-corrected chi connectivity index (χ1v) is 6.66. The summed E-state index contributed by atoms with van der Waals surface area (Å²) in [4.78, 5) is 4.31. The van der Waals surface area contributed by atoms with Crippen molar-refractivity contribution < 1.29 is 4.42 Å². The summed E-state index contributed by atoms with van der Waals surface area (Å²) in [5.41, 5.74) is 4.04. The van der Waals surface area contributed by atoms with E-state index in [9.17, 15) is 0 Å². The monoisotopic (exact) mass is 280 g/mol. The van der Waals surface area contributed by atoms with Crippen LogP contribution in [0, 0.1) is 6.92 Å². The summed E-state index contributed by atoms with van der Waals surface area (Å²) in [6.45, 7) is 6.22. The summed E-state index contributed by atoms with van der Waals surface area (Å²) in [7, 11) is 0. The van der Waals surface area contributed by atoms with Crippen molar-refractivity contribution in [2.75, 3.05) is 5.32 Å². The molecule has 21 heavy (non-hydrogen) atoms. The highest BCUT2D eigenvalue weighted by Crippen LogP contribution is 2.21. The number of nitrogens with one attached hydrogen (secondary N) is 1. The highest BCUT2D eigenvalue weighted by atomic mass is 16.3. The molecule has 2 heterocycles. The van der Waals surface area contributed by atoms with Gasteiger partial charge in [-0.3, -0.25) is 0 Å². The van der Waals surface area contributed by atoms with Crippen LogP contribution in [0.15, 0.2) is 53.9 Å². The summed E-state index contributed by atoms with van der Waals surface area (Å²) in [5.74, 6) is 0.673. The first-order chi connectivity index (χ1) is 10.2. The average molecular weight is 280 g/mol. The van der Waals surface area contributed by atoms with Crippen molar-refractivity contribution in [3.63, 3.8) is 0 Å². The van der Waals surface area contributed by atoms with Gasteiger partial charge in [0.25, 0.3) is 0 Å². The molecule has 0 saturated carbocycles. The molecule has 0 fully saturated rings. The van der Waals surface area contributed by atoms with E-state index in [0.29, 0.717) is 5.89 Å². The lowest BCUT2D eigenvalue weighted by Crippen LogP contribution is -1.98. The topological polar surface area (TPSA) is 55.9 Å². The first kappa shape index (κ1) is 13.2. The molecule has 106 valence electrons. The molecule has 3 aromatic rings. The molecule has 2 aromatic heterocycles. The SMILES string of the molecule is C=Cn1cc(CNc2ccc(-c3coc(C)n3)cc2)cn1. The molecule has 0 bridgehead atoms. The Bertz CT molecular complexity index is 740. The number of anilines is 1. The van der Waals surface area contributed by atoms with Crippen LogP contribution in [0.3, 0.4) is 0 Å². The van der Waals surface area contributed by atoms with Crippen molar-refractivity contribution in [2.24, 2.45) is 0 Å². The van der Waals surface area contributed by atoms with E-state index in [-0.39, 0.29) is 0 Å². The molecule has 0 saturated heterocycles. The normalized spacial score (nSPS) is 10.5. The van der Waals surface area contributed by atoms with E-state index in [1.807, 2.05) is 43.6 Å². The van der Waals surface area contributed by atoms with Gasteiger partial charge >= 0.3 is 0 Å². The van der Waals surface area contributed by atoms with Crippen molar-refractivity contribution in [1.29, 1.82) is 0 Å². The van der Waals surface area contributed by atoms with E-state index < -0.39 is 0 Å². The van der Waals surface area contributed by atoms with E-state index in [2.05, 4.69) is 22.0 Å². The Kier molecular flexibility index (Phi) is 3.55. The lowest BCUT2D eigenvalue weighted by Gasteiger charge is -2.05. The Morgan fingerprint density at radius 3 is 2.76 bits per heavy atom. The van der Waals surface area contributed by atoms with Crippen molar-refractivity contribution >= 4 is 11.9 Å². The fourth-order valence-corrected chi connectivity index (χ4v) is 2.03. The summed E-state index contributed by atoms with van der Waals surface area (Å²) >= 11 is 0. The van der Waals surface area contributed by atoms with Gasteiger partial charge in [-0.05, 0) is 12.1 Å². The number of aromatic nitrogens is 3. The second-order valence-corrected chi connectivity index (χ2v) is 4.69. The van der Waals surface area contributed by atoms with Gasteiger partial charge in [-0.1, -0.05) is 18.7 Å². The smallest absolute Gasteiger partial charge is 0.191 e. The zero-order valence-electron chi connectivity index (χ0n) is 11.8. The lowest BCUT2D eigenvalue weighted by molar-refractivity contribution is 0.521. The Morgan fingerprint density at radius 2 is 2.14 bits per heavy atom. The van der Waals surface area contributed by atoms with Crippen LogP contribution in [0.2, 0.25) is 0 Å². The maximum Gasteiger partial charge on any atom is 0.191 e. The molecule has 0 amide bonds. The minimum Gasteiger partial charge on any atom is -0.449 e. The molecule has 0 spiro atoms. The second kappa shape index (κ2) is 5.66. The maximum atomic E-state index is 5.22.